The van der Waals surface area contributed by atoms with Crippen LogP contribution in [0.3, 0.4) is 0 Å². The lowest BCUT2D eigenvalue weighted by atomic mass is 9.80. The van der Waals surface area contributed by atoms with Crippen LogP contribution in [-0.4, -0.2) is 18.8 Å². The van der Waals surface area contributed by atoms with E-state index < -0.39 is 0 Å². The molecular formula is C23H35N2O+. The fraction of sp³-hybridized carbons (Fsp3) is 0.391. The number of aliphatic hydroxyl groups excluding tert-OH is 1. The summed E-state index contributed by atoms with van der Waals surface area (Å²) in [5, 5.41) is 14.4. The lowest BCUT2D eigenvalue weighted by Crippen LogP contribution is -2.73. The zero-order valence-electron chi connectivity index (χ0n) is 16.9. The molecule has 2 aromatic rings. The normalized spacial score (nSPS) is 11.2. The monoisotopic (exact) mass is 355 g/mol. The van der Waals surface area contributed by atoms with Gasteiger partial charge < -0.3 is 15.7 Å². The van der Waals surface area contributed by atoms with Crippen molar-refractivity contribution in [2.24, 2.45) is 0 Å². The third-order valence-electron chi connectivity index (χ3n) is 4.35. The number of hydrogen-bond acceptors (Lipinski definition) is 2. The van der Waals surface area contributed by atoms with E-state index in [1.165, 1.54) is 11.3 Å². The SMILES string of the molecule is CC.C[NH2+]c1ccccc1C(C)(C)C/C=C/Nc1ccc(CCO)cc1. The maximum atomic E-state index is 8.94. The molecule has 0 aromatic heterocycles. The van der Waals surface area contributed by atoms with Crippen molar-refractivity contribution < 1.29 is 10.4 Å². The maximum absolute atomic E-state index is 8.94. The Bertz CT molecular complexity index is 660. The molecule has 0 atom stereocenters. The number of para-hydroxylation sites is 1. The van der Waals surface area contributed by atoms with Gasteiger partial charge in [-0.3, -0.25) is 0 Å². The second-order valence-electron chi connectivity index (χ2n) is 6.68. The molecule has 0 unspecified atom stereocenters. The summed E-state index contributed by atoms with van der Waals surface area (Å²) in [6.07, 6.45) is 5.88. The molecule has 0 spiro atoms. The van der Waals surface area contributed by atoms with Gasteiger partial charge in [-0.1, -0.05) is 64.1 Å². The number of nitrogens with one attached hydrogen (secondary N) is 1. The lowest BCUT2D eigenvalue weighted by molar-refractivity contribution is -0.540. The van der Waals surface area contributed by atoms with Crippen LogP contribution in [0.25, 0.3) is 0 Å². The van der Waals surface area contributed by atoms with E-state index in [1.807, 2.05) is 44.3 Å². The Kier molecular flexibility index (Phi) is 9.71. The van der Waals surface area contributed by atoms with Crippen LogP contribution in [0, 0.1) is 0 Å². The van der Waals surface area contributed by atoms with Crippen molar-refractivity contribution in [1.29, 1.82) is 0 Å². The van der Waals surface area contributed by atoms with Gasteiger partial charge in [0.1, 0.15) is 5.69 Å². The van der Waals surface area contributed by atoms with Crippen LogP contribution in [0.4, 0.5) is 11.4 Å². The topological polar surface area (TPSA) is 48.9 Å². The van der Waals surface area contributed by atoms with Gasteiger partial charge in [0.2, 0.25) is 0 Å². The van der Waals surface area contributed by atoms with Crippen LogP contribution in [0.15, 0.2) is 60.8 Å². The van der Waals surface area contributed by atoms with Gasteiger partial charge in [-0.05, 0) is 48.2 Å². The van der Waals surface area contributed by atoms with Crippen molar-refractivity contribution in [2.45, 2.75) is 46.0 Å². The molecule has 2 aromatic carbocycles. The number of anilines is 1. The van der Waals surface area contributed by atoms with Crippen LogP contribution < -0.4 is 10.6 Å². The standard InChI is InChI=1S/C21H28N2O.C2H6/c1-21(2,19-7-4-5-8-20(19)22-3)14-6-15-23-18-11-9-17(10-12-18)13-16-24;1-2/h4-12,15,22-24H,13-14,16H2,1-3H3;1-2H3/p+1/b15-6+;. The number of nitrogens with two attached hydrogens (primary N) is 1. The summed E-state index contributed by atoms with van der Waals surface area (Å²) in [5.74, 6) is 0. The average Bonchev–Trinajstić information content (AvgIpc) is 2.68. The molecule has 3 heteroatoms. The molecular weight excluding hydrogens is 320 g/mol. The minimum absolute atomic E-state index is 0.0896. The molecule has 0 aliphatic heterocycles. The van der Waals surface area contributed by atoms with Crippen LogP contribution >= 0.6 is 0 Å². The van der Waals surface area contributed by atoms with Crippen molar-refractivity contribution >= 4 is 11.4 Å². The number of quaternary nitrogens is 1. The second-order valence-corrected chi connectivity index (χ2v) is 6.68. The van der Waals surface area contributed by atoms with Crippen LogP contribution in [0.5, 0.6) is 0 Å². The summed E-state index contributed by atoms with van der Waals surface area (Å²) in [5.41, 5.74) is 4.99. The molecule has 0 fully saturated rings. The van der Waals surface area contributed by atoms with Gasteiger partial charge in [-0.2, -0.15) is 0 Å². The lowest BCUT2D eigenvalue weighted by Gasteiger charge is -2.24. The molecule has 2 rings (SSSR count). The van der Waals surface area contributed by atoms with Gasteiger partial charge in [-0.25, -0.2) is 0 Å². The molecule has 0 bridgehead atoms. The van der Waals surface area contributed by atoms with Gasteiger partial charge in [0.15, 0.2) is 0 Å². The number of benzene rings is 2. The predicted molar refractivity (Wildman–Crippen MR) is 113 cm³/mol. The van der Waals surface area contributed by atoms with E-state index in [9.17, 15) is 0 Å². The minimum atomic E-state index is 0.0896. The van der Waals surface area contributed by atoms with Crippen molar-refractivity contribution in [2.75, 3.05) is 19.0 Å². The van der Waals surface area contributed by atoms with E-state index in [-0.39, 0.29) is 12.0 Å². The molecule has 0 radical (unpaired) electrons. The first-order chi connectivity index (χ1) is 12.6. The van der Waals surface area contributed by atoms with Crippen LogP contribution in [-0.2, 0) is 11.8 Å². The fourth-order valence-electron chi connectivity index (χ4n) is 2.88. The Morgan fingerprint density at radius 1 is 1.04 bits per heavy atom. The highest BCUT2D eigenvalue weighted by Gasteiger charge is 2.23. The van der Waals surface area contributed by atoms with E-state index in [0.29, 0.717) is 6.42 Å². The van der Waals surface area contributed by atoms with E-state index in [4.69, 9.17) is 5.11 Å². The van der Waals surface area contributed by atoms with E-state index in [0.717, 1.165) is 17.7 Å². The Morgan fingerprint density at radius 3 is 2.31 bits per heavy atom. The van der Waals surface area contributed by atoms with E-state index in [2.05, 4.69) is 61.9 Å². The Hall–Kier alpha value is -2.10. The third-order valence-corrected chi connectivity index (χ3v) is 4.35. The molecule has 26 heavy (non-hydrogen) atoms. The van der Waals surface area contributed by atoms with E-state index >= 15 is 0 Å². The first-order valence-electron chi connectivity index (χ1n) is 9.57. The molecule has 0 saturated carbocycles. The summed E-state index contributed by atoms with van der Waals surface area (Å²) in [7, 11) is 2.09. The summed E-state index contributed by atoms with van der Waals surface area (Å²) in [6.45, 7) is 8.76. The van der Waals surface area contributed by atoms with Gasteiger partial charge in [0.05, 0.1) is 7.05 Å². The van der Waals surface area contributed by atoms with Crippen molar-refractivity contribution in [1.82, 2.24) is 0 Å². The molecule has 0 heterocycles. The quantitative estimate of drug-likeness (QED) is 0.616. The van der Waals surface area contributed by atoms with Crippen molar-refractivity contribution in [3.63, 3.8) is 0 Å². The summed E-state index contributed by atoms with van der Waals surface area (Å²) >= 11 is 0. The summed E-state index contributed by atoms with van der Waals surface area (Å²) < 4.78 is 0. The maximum Gasteiger partial charge on any atom is 0.133 e. The smallest absolute Gasteiger partial charge is 0.133 e. The highest BCUT2D eigenvalue weighted by Crippen LogP contribution is 2.31. The first kappa shape index (κ1) is 21.9. The molecule has 0 saturated heterocycles. The van der Waals surface area contributed by atoms with Crippen LogP contribution in [0.2, 0.25) is 0 Å². The number of aliphatic hydroxyl groups is 1. The third kappa shape index (κ3) is 6.66. The Balaban J connectivity index is 0.00000163. The molecule has 0 aliphatic carbocycles. The Morgan fingerprint density at radius 2 is 1.69 bits per heavy atom. The average molecular weight is 356 g/mol. The van der Waals surface area contributed by atoms with Crippen molar-refractivity contribution in [3.05, 3.63) is 71.9 Å². The molecule has 142 valence electrons. The highest BCUT2D eigenvalue weighted by molar-refractivity contribution is 5.47. The highest BCUT2D eigenvalue weighted by atomic mass is 16.2. The van der Waals surface area contributed by atoms with Gasteiger partial charge in [0.25, 0.3) is 0 Å². The largest absolute Gasteiger partial charge is 0.396 e. The number of allylic oxidation sites excluding steroid dienone is 1. The minimum Gasteiger partial charge on any atom is -0.396 e. The van der Waals surface area contributed by atoms with E-state index in [1.54, 1.807) is 0 Å². The first-order valence-corrected chi connectivity index (χ1v) is 9.57. The zero-order chi connectivity index (χ0) is 19.4. The zero-order valence-corrected chi connectivity index (χ0v) is 16.9. The molecule has 0 aliphatic rings. The molecule has 0 amide bonds. The molecule has 4 N–H and O–H groups in total. The van der Waals surface area contributed by atoms with Crippen molar-refractivity contribution in [3.8, 4) is 0 Å². The number of rotatable bonds is 8. The fourth-order valence-corrected chi connectivity index (χ4v) is 2.88. The van der Waals surface area contributed by atoms with Gasteiger partial charge in [-0.15, -0.1) is 0 Å². The summed E-state index contributed by atoms with van der Waals surface area (Å²) in [6, 6.07) is 16.8. The predicted octanol–water partition coefficient (Wildman–Crippen LogP) is 4.37. The second kappa shape index (κ2) is 11.5. The summed E-state index contributed by atoms with van der Waals surface area (Å²) in [4.78, 5) is 0. The Labute approximate surface area is 159 Å². The van der Waals surface area contributed by atoms with Crippen LogP contribution in [0.1, 0.15) is 45.2 Å². The van der Waals surface area contributed by atoms with Gasteiger partial charge in [0, 0.05) is 17.9 Å². The number of hydrogen-bond donors (Lipinski definition) is 3. The molecule has 3 nitrogen and oxygen atoms in total. The van der Waals surface area contributed by atoms with Gasteiger partial charge >= 0.3 is 0 Å².